The molecule has 0 saturated heterocycles. The maximum Gasteiger partial charge on any atom is 0.166 e. The minimum atomic E-state index is 0.171. The third-order valence-corrected chi connectivity index (χ3v) is 5.98. The van der Waals surface area contributed by atoms with Crippen molar-refractivity contribution in [3.63, 3.8) is 0 Å². The number of carbonyl (C=O) groups is 1. The van der Waals surface area contributed by atoms with Crippen molar-refractivity contribution in [1.29, 1.82) is 0 Å². The van der Waals surface area contributed by atoms with Crippen LogP contribution in [0.3, 0.4) is 0 Å². The molecule has 7 heteroatoms. The molecule has 3 heterocycles. The molecule has 4 aromatic rings. The van der Waals surface area contributed by atoms with Gasteiger partial charge in [-0.15, -0.1) is 0 Å². The molecular weight excluding hydrogens is 428 g/mol. The van der Waals surface area contributed by atoms with E-state index in [2.05, 4.69) is 41.6 Å². The summed E-state index contributed by atoms with van der Waals surface area (Å²) in [5, 5.41) is 5.07. The molecule has 0 fully saturated rings. The highest BCUT2D eigenvalue weighted by atomic mass is 16.5. The summed E-state index contributed by atoms with van der Waals surface area (Å²) in [6.45, 7) is 15.9. The van der Waals surface area contributed by atoms with E-state index < -0.39 is 0 Å². The van der Waals surface area contributed by atoms with E-state index in [1.807, 2.05) is 39.8 Å². The van der Waals surface area contributed by atoms with E-state index in [4.69, 9.17) is 14.3 Å². The number of nitrogens with zero attached hydrogens (tertiary/aromatic N) is 2. The van der Waals surface area contributed by atoms with Gasteiger partial charge in [-0.1, -0.05) is 25.6 Å². The molecule has 3 aromatic heterocycles. The molecule has 0 aliphatic carbocycles. The maximum atomic E-state index is 11.6. The van der Waals surface area contributed by atoms with Crippen LogP contribution in [-0.2, 0) is 0 Å². The predicted octanol–water partition coefficient (Wildman–Crippen LogP) is 6.39. The molecule has 0 amide bonds. The molecule has 7 nitrogen and oxygen atoms in total. The summed E-state index contributed by atoms with van der Waals surface area (Å²) < 4.78 is 11.2. The summed E-state index contributed by atoms with van der Waals surface area (Å²) >= 11 is 0. The van der Waals surface area contributed by atoms with Gasteiger partial charge < -0.3 is 19.2 Å². The van der Waals surface area contributed by atoms with Gasteiger partial charge in [0.2, 0.25) is 0 Å². The number of benzene rings is 1. The van der Waals surface area contributed by atoms with Crippen LogP contribution in [0.1, 0.15) is 71.1 Å². The van der Waals surface area contributed by atoms with Crippen LogP contribution < -0.4 is 4.74 Å². The monoisotopic (exact) mass is 458 g/mol. The Morgan fingerprint density at radius 2 is 1.94 bits per heavy atom. The lowest BCUT2D eigenvalue weighted by Gasteiger charge is -2.13. The summed E-state index contributed by atoms with van der Waals surface area (Å²) in [4.78, 5) is 23.2. The third kappa shape index (κ3) is 3.87. The van der Waals surface area contributed by atoms with Gasteiger partial charge in [0.05, 0.1) is 29.8 Å². The average Bonchev–Trinajstić information content (AvgIpc) is 3.45. The number of allylic oxidation sites excluding steroid dienone is 1. The molecular formula is C27H30N4O3. The fourth-order valence-corrected chi connectivity index (χ4v) is 4.54. The average molecular weight is 459 g/mol. The number of carbonyl (C=O) groups excluding carboxylic acids is 1. The van der Waals surface area contributed by atoms with E-state index in [0.717, 1.165) is 68.0 Å². The van der Waals surface area contributed by atoms with Gasteiger partial charge in [-0.25, -0.2) is 0 Å². The molecule has 0 atom stereocenters. The smallest absolute Gasteiger partial charge is 0.166 e. The molecule has 0 unspecified atom stereocenters. The van der Waals surface area contributed by atoms with Gasteiger partial charge in [0.1, 0.15) is 11.5 Å². The number of aryl methyl sites for hydroxylation is 3. The van der Waals surface area contributed by atoms with Crippen molar-refractivity contribution in [2.24, 2.45) is 4.99 Å². The molecule has 34 heavy (non-hydrogen) atoms. The molecule has 2 N–H and O–H groups in total. The molecule has 1 aromatic carbocycles. The van der Waals surface area contributed by atoms with Gasteiger partial charge in [-0.3, -0.25) is 9.79 Å². The first kappa shape index (κ1) is 23.3. The van der Waals surface area contributed by atoms with E-state index in [0.29, 0.717) is 17.1 Å². The number of H-pyrrole nitrogens is 2. The van der Waals surface area contributed by atoms with Gasteiger partial charge in [-0.05, 0) is 51.8 Å². The van der Waals surface area contributed by atoms with Crippen LogP contribution in [0.4, 0.5) is 0 Å². The van der Waals surface area contributed by atoms with Crippen molar-refractivity contribution in [3.05, 3.63) is 70.1 Å². The highest BCUT2D eigenvalue weighted by Crippen LogP contribution is 2.40. The minimum Gasteiger partial charge on any atom is -0.496 e. The zero-order chi connectivity index (χ0) is 24.7. The lowest BCUT2D eigenvalue weighted by atomic mass is 9.94. The fourth-order valence-electron chi connectivity index (χ4n) is 4.54. The van der Waals surface area contributed by atoms with Crippen LogP contribution in [0.15, 0.2) is 40.0 Å². The number of methoxy groups -OCH3 is 1. The van der Waals surface area contributed by atoms with Crippen LogP contribution >= 0.6 is 0 Å². The molecule has 0 radical (unpaired) electrons. The number of rotatable bonds is 7. The summed E-state index contributed by atoms with van der Waals surface area (Å²) in [6, 6.07) is 5.94. The Hall–Kier alpha value is -3.87. The molecule has 0 aliphatic rings. The lowest BCUT2D eigenvalue weighted by Crippen LogP contribution is -2.08. The Kier molecular flexibility index (Phi) is 6.04. The number of ether oxygens (including phenoxy) is 1. The first-order valence-electron chi connectivity index (χ1n) is 11.2. The number of aldehydes is 1. The third-order valence-electron chi connectivity index (χ3n) is 5.98. The largest absolute Gasteiger partial charge is 0.496 e. The fraction of sp³-hybridized carbons (Fsp3) is 0.296. The van der Waals surface area contributed by atoms with Crippen LogP contribution in [0, 0.1) is 20.8 Å². The van der Waals surface area contributed by atoms with Gasteiger partial charge >= 0.3 is 0 Å². The second-order valence-corrected chi connectivity index (χ2v) is 8.94. The number of aliphatic imine (C=N–C) groups is 1. The van der Waals surface area contributed by atoms with Gasteiger partial charge in [-0.2, -0.15) is 0 Å². The first-order valence-corrected chi connectivity index (χ1v) is 11.2. The summed E-state index contributed by atoms with van der Waals surface area (Å²) in [5.74, 6) is 1.62. The normalized spacial score (nSPS) is 12.1. The van der Waals surface area contributed by atoms with E-state index in [1.54, 1.807) is 7.11 Å². The molecule has 0 saturated carbocycles. The number of aromatic amines is 2. The van der Waals surface area contributed by atoms with Gasteiger partial charge in [0.15, 0.2) is 6.29 Å². The van der Waals surface area contributed by atoms with Crippen molar-refractivity contribution in [3.8, 4) is 16.9 Å². The topological polar surface area (TPSA) is 96.3 Å². The van der Waals surface area contributed by atoms with Gasteiger partial charge in [0, 0.05) is 44.7 Å². The Bertz CT molecular complexity index is 1430. The van der Waals surface area contributed by atoms with E-state index in [1.165, 1.54) is 0 Å². The number of hydrogen-bond acceptors (Lipinski definition) is 5. The molecule has 176 valence electrons. The second-order valence-electron chi connectivity index (χ2n) is 8.94. The van der Waals surface area contributed by atoms with E-state index in [-0.39, 0.29) is 5.92 Å². The molecule has 0 aliphatic heterocycles. The number of hydrogen-bond donors (Lipinski definition) is 2. The highest BCUT2D eigenvalue weighted by molar-refractivity contribution is 6.22. The summed E-state index contributed by atoms with van der Waals surface area (Å²) in [5.41, 5.74) is 9.27. The van der Waals surface area contributed by atoms with Crippen LogP contribution in [-0.4, -0.2) is 34.2 Å². The first-order chi connectivity index (χ1) is 16.2. The number of fused-ring (bicyclic) bond motifs is 1. The zero-order valence-corrected chi connectivity index (χ0v) is 20.7. The Balaban J connectivity index is 2.03. The summed E-state index contributed by atoms with van der Waals surface area (Å²) in [7, 11) is 1.66. The molecule has 4 rings (SSSR count). The van der Waals surface area contributed by atoms with Crippen LogP contribution in [0.25, 0.3) is 22.0 Å². The lowest BCUT2D eigenvalue weighted by molar-refractivity contribution is 0.111. The van der Waals surface area contributed by atoms with Crippen molar-refractivity contribution in [2.75, 3.05) is 7.11 Å². The van der Waals surface area contributed by atoms with Crippen molar-refractivity contribution in [1.82, 2.24) is 15.1 Å². The predicted molar refractivity (Wildman–Crippen MR) is 135 cm³/mol. The van der Waals surface area contributed by atoms with E-state index >= 15 is 0 Å². The second kappa shape index (κ2) is 8.82. The number of aromatic nitrogens is 3. The van der Waals surface area contributed by atoms with Crippen molar-refractivity contribution >= 4 is 22.9 Å². The Labute approximate surface area is 198 Å². The Morgan fingerprint density at radius 3 is 2.50 bits per heavy atom. The summed E-state index contributed by atoms with van der Waals surface area (Å²) in [6.07, 6.45) is 0.828. The Morgan fingerprint density at radius 1 is 1.21 bits per heavy atom. The number of nitrogens with one attached hydrogen (secondary N) is 2. The zero-order valence-electron chi connectivity index (χ0n) is 20.7. The quantitative estimate of drug-likeness (QED) is 0.248. The SMILES string of the molecule is C=C(C)N=C(c1cc(C=O)[nH]c1C(C)C)c1c(C)[nH]c2cc(-c3c(C)noc3C)c(OC)cc12. The molecule has 0 bridgehead atoms. The van der Waals surface area contributed by atoms with Gasteiger partial charge in [0.25, 0.3) is 0 Å². The van der Waals surface area contributed by atoms with Crippen molar-refractivity contribution < 1.29 is 14.1 Å². The minimum absolute atomic E-state index is 0.171. The van der Waals surface area contributed by atoms with Crippen molar-refractivity contribution in [2.45, 2.75) is 47.5 Å². The standard InChI is InChI=1S/C27H30N4O3/c1-13(2)26-21(9-18(12-32)30-26)27(28-14(3)4)25-15(5)29-22-10-20(23(33-8)11-19(22)25)24-16(6)31-34-17(24)7/h9-13,29-30H,3H2,1-2,4-8H3. The van der Waals surface area contributed by atoms with Crippen LogP contribution in [0.2, 0.25) is 0 Å². The maximum absolute atomic E-state index is 11.6. The molecule has 0 spiro atoms. The van der Waals surface area contributed by atoms with E-state index in [9.17, 15) is 4.79 Å². The van der Waals surface area contributed by atoms with Crippen LogP contribution in [0.5, 0.6) is 5.75 Å². The highest BCUT2D eigenvalue weighted by Gasteiger charge is 2.24.